The molecule has 3 atom stereocenters. The van der Waals surface area contributed by atoms with Crippen molar-refractivity contribution >= 4 is 19.7 Å². The number of nitrogens with zero attached hydrogens (tertiary/aromatic N) is 1. The fraction of sp³-hybridized carbons (Fsp3) is 0.867. The second kappa shape index (κ2) is 64.9. The van der Waals surface area contributed by atoms with Crippen LogP contribution in [0.4, 0.5) is 0 Å². The third-order valence-electron chi connectivity index (χ3n) is 16.7. The molecule has 0 saturated carbocycles. The van der Waals surface area contributed by atoms with Gasteiger partial charge in [-0.05, 0) is 89.5 Å². The maximum atomic E-state index is 13.6. The second-order valence-electron chi connectivity index (χ2n) is 26.5. The highest BCUT2D eigenvalue weighted by molar-refractivity contribution is 7.47. The number of hydrogen-bond acceptors (Lipinski definition) is 6. The normalized spacial score (nSPS) is 13.7. The van der Waals surface area contributed by atoms with Gasteiger partial charge in [0.2, 0.25) is 5.91 Å². The summed E-state index contributed by atoms with van der Waals surface area (Å²) in [6.45, 7) is 7.04. The summed E-state index contributed by atoms with van der Waals surface area (Å²) in [5.74, 6) is -0.492. The van der Waals surface area contributed by atoms with Crippen LogP contribution < -0.4 is 5.32 Å². The van der Waals surface area contributed by atoms with Gasteiger partial charge in [0.25, 0.3) is 0 Å². The highest BCUT2D eigenvalue weighted by Crippen LogP contribution is 2.43. The van der Waals surface area contributed by atoms with Gasteiger partial charge in [0, 0.05) is 12.8 Å². The van der Waals surface area contributed by atoms with Gasteiger partial charge in [-0.2, -0.15) is 0 Å². The molecular weight excluding hydrogens is 1070 g/mol. The van der Waals surface area contributed by atoms with Crippen molar-refractivity contribution in [3.05, 3.63) is 48.6 Å². The Morgan fingerprint density at radius 3 is 1.09 bits per heavy atom. The number of unbranched alkanes of at least 4 members (excludes halogenated alkanes) is 46. The zero-order chi connectivity index (χ0) is 62.1. The lowest BCUT2D eigenvalue weighted by molar-refractivity contribution is -0.870. The zero-order valence-electron chi connectivity index (χ0n) is 57.4. The Balaban J connectivity index is 5.01. The van der Waals surface area contributed by atoms with Crippen molar-refractivity contribution in [2.24, 2.45) is 0 Å². The zero-order valence-corrected chi connectivity index (χ0v) is 58.3. The third kappa shape index (κ3) is 66.2. The molecule has 85 heavy (non-hydrogen) atoms. The predicted octanol–water partition coefficient (Wildman–Crippen LogP) is 23.6. The van der Waals surface area contributed by atoms with Gasteiger partial charge >= 0.3 is 13.8 Å². The molecule has 0 saturated heterocycles. The van der Waals surface area contributed by atoms with Crippen molar-refractivity contribution in [3.8, 4) is 0 Å². The Labute approximate surface area is 529 Å². The van der Waals surface area contributed by atoms with Crippen LogP contribution in [-0.4, -0.2) is 74.3 Å². The Kier molecular flexibility index (Phi) is 63.4. The second-order valence-corrected chi connectivity index (χ2v) is 27.9. The molecule has 0 rings (SSSR count). The number of quaternary nitrogens is 1. The molecule has 0 aromatic carbocycles. The number of ether oxygens (including phenoxy) is 1. The SMILES string of the molecule is CCCCC/C=C\C/C=C\CCCCCCCCCCCC(=O)NC(COP(=O)(O)OCC[N+](C)(C)C)C(/C=C\CCCCCCCCCCCCC)OC(=O)CCCCCCCCCCCCCCCCCCC/C=C/CCCCCCCC. The molecule has 0 bridgehead atoms. The topological polar surface area (TPSA) is 111 Å². The van der Waals surface area contributed by atoms with E-state index in [9.17, 15) is 19.0 Å². The van der Waals surface area contributed by atoms with Crippen molar-refractivity contribution in [1.82, 2.24) is 5.32 Å². The van der Waals surface area contributed by atoms with Crippen LogP contribution in [0.2, 0.25) is 0 Å². The Morgan fingerprint density at radius 2 is 0.718 bits per heavy atom. The van der Waals surface area contributed by atoms with Crippen LogP contribution in [0.5, 0.6) is 0 Å². The first-order valence-corrected chi connectivity index (χ1v) is 38.5. The summed E-state index contributed by atoms with van der Waals surface area (Å²) in [5, 5.41) is 3.08. The number of allylic oxidation sites excluding steroid dienone is 7. The number of hydrogen-bond donors (Lipinski definition) is 2. The minimum atomic E-state index is -4.46. The molecule has 0 aromatic rings. The fourth-order valence-electron chi connectivity index (χ4n) is 11.0. The Hall–Kier alpha value is -2.03. The standard InChI is InChI=1S/C75H143N2O7P/c1-7-10-13-16-19-22-25-28-30-32-34-35-36-37-38-39-40-41-43-45-47-50-53-56-59-62-65-68-75(79)84-73(66-63-60-57-54-51-48-27-24-21-18-15-12-9-3)72(71-83-85(80,81)82-70-69-77(4,5)6)76-74(78)67-64-61-58-55-52-49-46-44-42-33-31-29-26-23-20-17-14-11-8-2/h20,23,28-31,63,66,72-73H,7-19,21-22,24-27,32-62,64-65,67-71H2,1-6H3,(H-,76,78,80,81)/p+1/b23-20-,30-28+,31-29-,66-63-. The molecule has 2 N–H and O–H groups in total. The van der Waals surface area contributed by atoms with Crippen LogP contribution in [0, 0.1) is 0 Å². The smallest absolute Gasteiger partial charge is 0.456 e. The summed E-state index contributed by atoms with van der Waals surface area (Å²) in [4.78, 5) is 37.9. The number of esters is 1. The lowest BCUT2D eigenvalue weighted by Crippen LogP contribution is -2.47. The molecule has 0 aromatic heterocycles. The van der Waals surface area contributed by atoms with Crippen LogP contribution in [0.1, 0.15) is 367 Å². The van der Waals surface area contributed by atoms with E-state index >= 15 is 0 Å². The third-order valence-corrected chi connectivity index (χ3v) is 17.7. The quantitative estimate of drug-likeness (QED) is 0.0205. The first-order valence-electron chi connectivity index (χ1n) is 37.0. The van der Waals surface area contributed by atoms with Crippen LogP contribution in [-0.2, 0) is 27.9 Å². The summed E-state index contributed by atoms with van der Waals surface area (Å²) in [5.41, 5.74) is 0. The maximum Gasteiger partial charge on any atom is 0.472 e. The molecule has 3 unspecified atom stereocenters. The van der Waals surface area contributed by atoms with E-state index in [1.165, 1.54) is 270 Å². The van der Waals surface area contributed by atoms with E-state index in [-0.39, 0.29) is 25.1 Å². The number of rotatable bonds is 68. The van der Waals surface area contributed by atoms with E-state index in [0.29, 0.717) is 23.9 Å². The number of phosphoric ester groups is 1. The minimum absolute atomic E-state index is 0.0409. The molecule has 10 heteroatoms. The molecule has 0 aliphatic rings. The first-order chi connectivity index (χ1) is 41.4. The molecule has 0 spiro atoms. The number of likely N-dealkylation sites (N-methyl/N-ethyl adjacent to an activating group) is 1. The average Bonchev–Trinajstić information content (AvgIpc) is 3.50. The summed E-state index contributed by atoms with van der Waals surface area (Å²) in [6, 6.07) is -0.850. The molecule has 500 valence electrons. The molecule has 0 fully saturated rings. The highest BCUT2D eigenvalue weighted by atomic mass is 31.2. The van der Waals surface area contributed by atoms with Crippen LogP contribution in [0.15, 0.2) is 48.6 Å². The van der Waals surface area contributed by atoms with Gasteiger partial charge in [0.15, 0.2) is 0 Å². The van der Waals surface area contributed by atoms with Gasteiger partial charge in [0.05, 0.1) is 33.8 Å². The summed E-state index contributed by atoms with van der Waals surface area (Å²) in [7, 11) is 1.51. The largest absolute Gasteiger partial charge is 0.472 e. The van der Waals surface area contributed by atoms with E-state index in [4.69, 9.17) is 13.8 Å². The average molecular weight is 1220 g/mol. The van der Waals surface area contributed by atoms with Gasteiger partial charge in [-0.1, -0.05) is 314 Å². The lowest BCUT2D eigenvalue weighted by Gasteiger charge is -2.27. The predicted molar refractivity (Wildman–Crippen MR) is 369 cm³/mol. The molecule has 0 aliphatic carbocycles. The summed E-state index contributed by atoms with van der Waals surface area (Å²) < 4.78 is 30.9. The molecule has 1 amide bonds. The van der Waals surface area contributed by atoms with E-state index in [1.807, 2.05) is 27.2 Å². The Bertz CT molecular complexity index is 1590. The summed E-state index contributed by atoms with van der Waals surface area (Å²) in [6.07, 6.45) is 82.7. The lowest BCUT2D eigenvalue weighted by atomic mass is 10.0. The number of carbonyl (C=O) groups is 2. The maximum absolute atomic E-state index is 13.6. The molecule has 9 nitrogen and oxygen atoms in total. The Morgan fingerprint density at radius 1 is 0.412 bits per heavy atom. The van der Waals surface area contributed by atoms with Crippen molar-refractivity contribution in [3.63, 3.8) is 0 Å². The number of nitrogens with one attached hydrogen (secondary N) is 1. The number of phosphoric acid groups is 1. The number of amides is 1. The fourth-order valence-corrected chi connectivity index (χ4v) is 11.8. The van der Waals surface area contributed by atoms with Gasteiger partial charge in [-0.25, -0.2) is 4.57 Å². The van der Waals surface area contributed by atoms with Gasteiger partial charge < -0.3 is 19.4 Å². The van der Waals surface area contributed by atoms with Crippen molar-refractivity contribution in [2.75, 3.05) is 40.9 Å². The molecule has 0 aliphatic heterocycles. The summed E-state index contributed by atoms with van der Waals surface area (Å²) >= 11 is 0. The molecular formula is C75H144N2O7P+. The van der Waals surface area contributed by atoms with E-state index in [2.05, 4.69) is 68.6 Å². The van der Waals surface area contributed by atoms with Gasteiger partial charge in [-0.3, -0.25) is 18.6 Å². The van der Waals surface area contributed by atoms with Gasteiger partial charge in [0.1, 0.15) is 19.3 Å². The minimum Gasteiger partial charge on any atom is -0.456 e. The monoisotopic (exact) mass is 1220 g/mol. The number of carbonyl (C=O) groups excluding carboxylic acids is 2. The first kappa shape index (κ1) is 83.0. The van der Waals surface area contributed by atoms with E-state index in [1.54, 1.807) is 0 Å². The van der Waals surface area contributed by atoms with Crippen molar-refractivity contribution < 1.29 is 37.3 Å². The van der Waals surface area contributed by atoms with Crippen LogP contribution >= 0.6 is 7.82 Å². The molecule has 0 radical (unpaired) electrons. The van der Waals surface area contributed by atoms with Crippen molar-refractivity contribution in [2.45, 2.75) is 380 Å². The van der Waals surface area contributed by atoms with E-state index in [0.717, 1.165) is 64.2 Å². The van der Waals surface area contributed by atoms with Crippen LogP contribution in [0.25, 0.3) is 0 Å². The molecule has 0 heterocycles. The highest BCUT2D eigenvalue weighted by Gasteiger charge is 2.30. The van der Waals surface area contributed by atoms with Gasteiger partial charge in [-0.15, -0.1) is 0 Å². The van der Waals surface area contributed by atoms with E-state index < -0.39 is 20.0 Å². The van der Waals surface area contributed by atoms with Crippen molar-refractivity contribution in [1.29, 1.82) is 0 Å². The van der Waals surface area contributed by atoms with Crippen LogP contribution in [0.3, 0.4) is 0 Å².